The number of para-hydroxylation sites is 2. The molecule has 2 amide bonds. The molecule has 1 aliphatic heterocycles. The fourth-order valence-electron chi connectivity index (χ4n) is 2.89. The molecule has 1 heterocycles. The lowest BCUT2D eigenvalue weighted by atomic mass is 10.1. The standard InChI is InChI=1S/C19H20N2O3/c1-12-8-9-13(2)14(10-12)20-15-11-18(22)21(19(15)23)16-6-4-5-7-17(16)24-3/h4-10,15,20H,11H2,1-3H3. The highest BCUT2D eigenvalue weighted by atomic mass is 16.5. The minimum absolute atomic E-state index is 0.129. The topological polar surface area (TPSA) is 58.6 Å². The molecule has 2 aromatic rings. The van der Waals surface area contributed by atoms with Crippen molar-refractivity contribution in [3.8, 4) is 5.75 Å². The van der Waals surface area contributed by atoms with Gasteiger partial charge in [-0.25, -0.2) is 4.90 Å². The van der Waals surface area contributed by atoms with E-state index in [1.807, 2.05) is 32.0 Å². The summed E-state index contributed by atoms with van der Waals surface area (Å²) in [7, 11) is 1.52. The Kier molecular flexibility index (Phi) is 4.25. The molecule has 124 valence electrons. The van der Waals surface area contributed by atoms with Crippen molar-refractivity contribution in [1.29, 1.82) is 0 Å². The molecule has 0 bridgehead atoms. The Bertz CT molecular complexity index is 801. The molecule has 0 aliphatic carbocycles. The van der Waals surface area contributed by atoms with E-state index in [9.17, 15) is 9.59 Å². The van der Waals surface area contributed by atoms with E-state index in [0.29, 0.717) is 11.4 Å². The molecule has 3 rings (SSSR count). The average molecular weight is 324 g/mol. The summed E-state index contributed by atoms with van der Waals surface area (Å²) in [4.78, 5) is 26.4. The van der Waals surface area contributed by atoms with Crippen molar-refractivity contribution < 1.29 is 14.3 Å². The van der Waals surface area contributed by atoms with Crippen molar-refractivity contribution in [2.45, 2.75) is 26.3 Å². The summed E-state index contributed by atoms with van der Waals surface area (Å²) in [6, 6.07) is 12.5. The monoisotopic (exact) mass is 324 g/mol. The number of aryl methyl sites for hydroxylation is 2. The molecule has 0 spiro atoms. The maximum absolute atomic E-state index is 12.8. The predicted molar refractivity (Wildman–Crippen MR) is 93.4 cm³/mol. The van der Waals surface area contributed by atoms with Gasteiger partial charge in [0, 0.05) is 5.69 Å². The second kappa shape index (κ2) is 6.35. The number of nitrogens with zero attached hydrogens (tertiary/aromatic N) is 1. The van der Waals surface area contributed by atoms with Crippen LogP contribution in [0.25, 0.3) is 0 Å². The number of imide groups is 1. The Morgan fingerprint density at radius 1 is 1.12 bits per heavy atom. The molecule has 0 aromatic heterocycles. The minimum atomic E-state index is -0.567. The van der Waals surface area contributed by atoms with Gasteiger partial charge in [-0.05, 0) is 43.2 Å². The van der Waals surface area contributed by atoms with Gasteiger partial charge >= 0.3 is 0 Å². The normalized spacial score (nSPS) is 17.3. The first kappa shape index (κ1) is 16.1. The van der Waals surface area contributed by atoms with Gasteiger partial charge in [0.25, 0.3) is 5.91 Å². The van der Waals surface area contributed by atoms with Gasteiger partial charge in [-0.2, -0.15) is 0 Å². The van der Waals surface area contributed by atoms with Crippen molar-refractivity contribution in [2.75, 3.05) is 17.3 Å². The molecule has 5 nitrogen and oxygen atoms in total. The molecule has 1 saturated heterocycles. The number of methoxy groups -OCH3 is 1. The quantitative estimate of drug-likeness (QED) is 0.878. The van der Waals surface area contributed by atoms with Crippen LogP contribution < -0.4 is 15.0 Å². The first-order chi connectivity index (χ1) is 11.5. The SMILES string of the molecule is COc1ccccc1N1C(=O)CC(Nc2cc(C)ccc2C)C1=O. The molecule has 24 heavy (non-hydrogen) atoms. The number of carbonyl (C=O) groups excluding carboxylic acids is 2. The lowest BCUT2D eigenvalue weighted by Gasteiger charge is -2.19. The van der Waals surface area contributed by atoms with Gasteiger partial charge in [0.15, 0.2) is 0 Å². The summed E-state index contributed by atoms with van der Waals surface area (Å²) in [5, 5.41) is 3.21. The third kappa shape index (κ3) is 2.85. The third-order valence-electron chi connectivity index (χ3n) is 4.20. The van der Waals surface area contributed by atoms with Gasteiger partial charge in [-0.15, -0.1) is 0 Å². The summed E-state index contributed by atoms with van der Waals surface area (Å²) in [6.07, 6.45) is 0.129. The molecule has 1 unspecified atom stereocenters. The van der Waals surface area contributed by atoms with Gasteiger partial charge in [-0.3, -0.25) is 9.59 Å². The number of nitrogens with one attached hydrogen (secondary N) is 1. The fraction of sp³-hybridized carbons (Fsp3) is 0.263. The van der Waals surface area contributed by atoms with Crippen molar-refractivity contribution >= 4 is 23.2 Å². The minimum Gasteiger partial charge on any atom is -0.495 e. The van der Waals surface area contributed by atoms with E-state index < -0.39 is 6.04 Å². The molecule has 0 radical (unpaired) electrons. The second-order valence-corrected chi connectivity index (χ2v) is 5.96. The van der Waals surface area contributed by atoms with Gasteiger partial charge < -0.3 is 10.1 Å². The largest absolute Gasteiger partial charge is 0.495 e. The summed E-state index contributed by atoms with van der Waals surface area (Å²) in [6.45, 7) is 3.97. The molecule has 1 N–H and O–H groups in total. The summed E-state index contributed by atoms with van der Waals surface area (Å²) in [5.74, 6) is 0.0179. The van der Waals surface area contributed by atoms with Crippen LogP contribution in [0.1, 0.15) is 17.5 Å². The Labute approximate surface area is 141 Å². The van der Waals surface area contributed by atoms with E-state index in [1.165, 1.54) is 12.0 Å². The Hall–Kier alpha value is -2.82. The van der Waals surface area contributed by atoms with Crippen LogP contribution in [-0.2, 0) is 9.59 Å². The highest BCUT2D eigenvalue weighted by molar-refractivity contribution is 6.23. The highest BCUT2D eigenvalue weighted by Crippen LogP contribution is 2.32. The molecule has 5 heteroatoms. The fourth-order valence-corrected chi connectivity index (χ4v) is 2.89. The number of benzene rings is 2. The van der Waals surface area contributed by atoms with Gasteiger partial charge in [0.1, 0.15) is 11.8 Å². The van der Waals surface area contributed by atoms with E-state index in [2.05, 4.69) is 5.32 Å². The van der Waals surface area contributed by atoms with Crippen LogP contribution in [-0.4, -0.2) is 25.0 Å². The predicted octanol–water partition coefficient (Wildman–Crippen LogP) is 3.06. The van der Waals surface area contributed by atoms with Crippen molar-refractivity contribution in [3.05, 3.63) is 53.6 Å². The molecule has 1 fully saturated rings. The van der Waals surface area contributed by atoms with E-state index in [1.54, 1.807) is 24.3 Å². The van der Waals surface area contributed by atoms with Crippen LogP contribution in [0.2, 0.25) is 0 Å². The van der Waals surface area contributed by atoms with Crippen molar-refractivity contribution in [3.63, 3.8) is 0 Å². The van der Waals surface area contributed by atoms with Crippen LogP contribution in [0.15, 0.2) is 42.5 Å². The number of amides is 2. The zero-order valence-electron chi connectivity index (χ0n) is 14.0. The number of ether oxygens (including phenoxy) is 1. The molecule has 1 atom stereocenters. The van der Waals surface area contributed by atoms with Gasteiger partial charge in [-0.1, -0.05) is 24.3 Å². The summed E-state index contributed by atoms with van der Waals surface area (Å²) >= 11 is 0. The van der Waals surface area contributed by atoms with E-state index >= 15 is 0 Å². The summed E-state index contributed by atoms with van der Waals surface area (Å²) < 4.78 is 5.28. The van der Waals surface area contributed by atoms with Crippen molar-refractivity contribution in [2.24, 2.45) is 0 Å². The van der Waals surface area contributed by atoms with E-state index in [0.717, 1.165) is 16.8 Å². The van der Waals surface area contributed by atoms with Crippen LogP contribution in [0.3, 0.4) is 0 Å². The molecular formula is C19H20N2O3. The molecule has 0 saturated carbocycles. The summed E-state index contributed by atoms with van der Waals surface area (Å²) in [5.41, 5.74) is 3.50. The number of hydrogen-bond acceptors (Lipinski definition) is 4. The first-order valence-corrected chi connectivity index (χ1v) is 7.85. The van der Waals surface area contributed by atoms with Crippen LogP contribution in [0.4, 0.5) is 11.4 Å². The van der Waals surface area contributed by atoms with E-state index in [4.69, 9.17) is 4.74 Å². The Morgan fingerprint density at radius 3 is 2.62 bits per heavy atom. The lowest BCUT2D eigenvalue weighted by molar-refractivity contribution is -0.121. The van der Waals surface area contributed by atoms with Gasteiger partial charge in [0.2, 0.25) is 5.91 Å². The number of carbonyl (C=O) groups is 2. The Balaban J connectivity index is 1.88. The second-order valence-electron chi connectivity index (χ2n) is 5.96. The van der Waals surface area contributed by atoms with Crippen LogP contribution >= 0.6 is 0 Å². The number of rotatable bonds is 4. The lowest BCUT2D eigenvalue weighted by Crippen LogP contribution is -2.35. The maximum Gasteiger partial charge on any atom is 0.256 e. The van der Waals surface area contributed by atoms with E-state index in [-0.39, 0.29) is 18.2 Å². The van der Waals surface area contributed by atoms with Crippen LogP contribution in [0, 0.1) is 13.8 Å². The Morgan fingerprint density at radius 2 is 1.88 bits per heavy atom. The van der Waals surface area contributed by atoms with Crippen molar-refractivity contribution in [1.82, 2.24) is 0 Å². The molecule has 2 aromatic carbocycles. The van der Waals surface area contributed by atoms with Gasteiger partial charge in [0.05, 0.1) is 19.2 Å². The van der Waals surface area contributed by atoms with Crippen LogP contribution in [0.5, 0.6) is 5.75 Å². The molecular weight excluding hydrogens is 304 g/mol. The average Bonchev–Trinajstić information content (AvgIpc) is 2.84. The smallest absolute Gasteiger partial charge is 0.256 e. The third-order valence-corrected chi connectivity index (χ3v) is 4.20. The molecule has 1 aliphatic rings. The maximum atomic E-state index is 12.8. The zero-order chi connectivity index (χ0) is 17.3. The number of anilines is 2. The highest BCUT2D eigenvalue weighted by Gasteiger charge is 2.40. The number of hydrogen-bond donors (Lipinski definition) is 1. The zero-order valence-corrected chi connectivity index (χ0v) is 14.0. The first-order valence-electron chi connectivity index (χ1n) is 7.85.